The molecule has 82 valence electrons. The van der Waals surface area contributed by atoms with E-state index >= 15 is 0 Å². The Kier molecular flexibility index (Phi) is 3.64. The van der Waals surface area contributed by atoms with Gasteiger partial charge >= 0.3 is 0 Å². The zero-order chi connectivity index (χ0) is 10.7. The van der Waals surface area contributed by atoms with Crippen molar-refractivity contribution in [3.63, 3.8) is 0 Å². The first-order chi connectivity index (χ1) is 7.27. The molecule has 1 aliphatic heterocycles. The minimum atomic E-state index is -0.122. The van der Waals surface area contributed by atoms with Gasteiger partial charge in [0, 0.05) is 36.7 Å². The van der Waals surface area contributed by atoms with Crippen molar-refractivity contribution in [3.05, 3.63) is 33.4 Å². The van der Waals surface area contributed by atoms with Crippen molar-refractivity contribution in [1.82, 2.24) is 0 Å². The van der Waals surface area contributed by atoms with Crippen LogP contribution in [-0.4, -0.2) is 20.3 Å². The summed E-state index contributed by atoms with van der Waals surface area (Å²) in [6.07, 6.45) is 1.90. The van der Waals surface area contributed by atoms with E-state index in [4.69, 9.17) is 9.47 Å². The summed E-state index contributed by atoms with van der Waals surface area (Å²) in [6, 6.07) is 8.59. The second-order valence-electron chi connectivity index (χ2n) is 3.82. The number of hydrogen-bond acceptors (Lipinski definition) is 2. The number of rotatable bonds is 2. The van der Waals surface area contributed by atoms with Crippen LogP contribution in [0.25, 0.3) is 0 Å². The maximum Gasteiger partial charge on any atom is 0.0971 e. The van der Waals surface area contributed by atoms with Crippen LogP contribution in [0.3, 0.4) is 0 Å². The monoisotopic (exact) mass is 318 g/mol. The molecule has 2 nitrogen and oxygen atoms in total. The van der Waals surface area contributed by atoms with Crippen molar-refractivity contribution >= 4 is 22.6 Å². The van der Waals surface area contributed by atoms with Gasteiger partial charge in [0.1, 0.15) is 0 Å². The summed E-state index contributed by atoms with van der Waals surface area (Å²) in [7, 11) is 1.79. The van der Waals surface area contributed by atoms with Gasteiger partial charge in [-0.3, -0.25) is 0 Å². The molecule has 0 saturated carbocycles. The molecule has 0 radical (unpaired) electrons. The first-order valence-electron chi connectivity index (χ1n) is 5.16. The van der Waals surface area contributed by atoms with E-state index in [-0.39, 0.29) is 5.60 Å². The third-order valence-electron chi connectivity index (χ3n) is 3.06. The molecule has 0 amide bonds. The molecule has 0 bridgehead atoms. The van der Waals surface area contributed by atoms with E-state index < -0.39 is 0 Å². The summed E-state index contributed by atoms with van der Waals surface area (Å²) in [5.41, 5.74) is 1.15. The topological polar surface area (TPSA) is 18.5 Å². The first kappa shape index (κ1) is 11.4. The van der Waals surface area contributed by atoms with Crippen LogP contribution in [-0.2, 0) is 15.1 Å². The van der Waals surface area contributed by atoms with E-state index in [1.54, 1.807) is 7.11 Å². The van der Waals surface area contributed by atoms with Crippen molar-refractivity contribution < 1.29 is 9.47 Å². The van der Waals surface area contributed by atoms with Gasteiger partial charge in [-0.2, -0.15) is 0 Å². The van der Waals surface area contributed by atoms with Gasteiger partial charge in [-0.15, -0.1) is 0 Å². The van der Waals surface area contributed by atoms with Gasteiger partial charge in [0.25, 0.3) is 0 Å². The van der Waals surface area contributed by atoms with E-state index in [0.29, 0.717) is 0 Å². The van der Waals surface area contributed by atoms with Crippen molar-refractivity contribution in [2.24, 2.45) is 0 Å². The Balaban J connectivity index is 2.28. The molecule has 1 saturated heterocycles. The van der Waals surface area contributed by atoms with E-state index in [9.17, 15) is 0 Å². The number of hydrogen-bond donors (Lipinski definition) is 0. The molecular weight excluding hydrogens is 303 g/mol. The molecule has 1 aliphatic rings. The summed E-state index contributed by atoms with van der Waals surface area (Å²) in [6.45, 7) is 1.58. The summed E-state index contributed by atoms with van der Waals surface area (Å²) < 4.78 is 12.4. The standard InChI is InChI=1S/C12H15IO2/c1-14-12(6-8-15-9-7-12)10-2-4-11(13)5-3-10/h2-5H,6-9H2,1H3. The lowest BCUT2D eigenvalue weighted by atomic mass is 9.86. The van der Waals surface area contributed by atoms with Gasteiger partial charge < -0.3 is 9.47 Å². The highest BCUT2D eigenvalue weighted by Gasteiger charge is 2.34. The Bertz CT molecular complexity index is 315. The third-order valence-corrected chi connectivity index (χ3v) is 3.78. The van der Waals surface area contributed by atoms with Crippen LogP contribution in [0.5, 0.6) is 0 Å². The maximum atomic E-state index is 5.72. The molecule has 1 aromatic rings. The molecule has 0 spiro atoms. The van der Waals surface area contributed by atoms with Crippen LogP contribution in [0.1, 0.15) is 18.4 Å². The highest BCUT2D eigenvalue weighted by molar-refractivity contribution is 14.1. The van der Waals surface area contributed by atoms with E-state index in [1.165, 1.54) is 9.13 Å². The van der Waals surface area contributed by atoms with Crippen LogP contribution >= 0.6 is 22.6 Å². The van der Waals surface area contributed by atoms with Gasteiger partial charge in [-0.05, 0) is 40.3 Å². The number of ether oxygens (including phenoxy) is 2. The maximum absolute atomic E-state index is 5.72. The molecule has 0 aromatic heterocycles. The van der Waals surface area contributed by atoms with E-state index in [2.05, 4.69) is 46.9 Å². The molecule has 0 N–H and O–H groups in total. The second-order valence-corrected chi connectivity index (χ2v) is 5.06. The summed E-state index contributed by atoms with van der Waals surface area (Å²) in [5.74, 6) is 0. The Morgan fingerprint density at radius 3 is 2.33 bits per heavy atom. The minimum absolute atomic E-state index is 0.122. The molecule has 1 aromatic carbocycles. The predicted octanol–water partition coefficient (Wildman–Crippen LogP) is 2.94. The smallest absolute Gasteiger partial charge is 0.0971 e. The zero-order valence-electron chi connectivity index (χ0n) is 8.83. The quantitative estimate of drug-likeness (QED) is 0.781. The molecule has 1 heterocycles. The lowest BCUT2D eigenvalue weighted by Gasteiger charge is -2.36. The first-order valence-corrected chi connectivity index (χ1v) is 6.24. The summed E-state index contributed by atoms with van der Waals surface area (Å²) in [5, 5.41) is 0. The second kappa shape index (κ2) is 4.80. The van der Waals surface area contributed by atoms with Crippen LogP contribution in [0.2, 0.25) is 0 Å². The molecule has 2 rings (SSSR count). The van der Waals surface area contributed by atoms with Crippen LogP contribution in [0.4, 0.5) is 0 Å². The molecule has 0 atom stereocenters. The normalized spacial score (nSPS) is 20.1. The highest BCUT2D eigenvalue weighted by Crippen LogP contribution is 2.35. The van der Waals surface area contributed by atoms with Crippen LogP contribution < -0.4 is 0 Å². The lowest BCUT2D eigenvalue weighted by Crippen LogP contribution is -2.35. The van der Waals surface area contributed by atoms with Crippen molar-refractivity contribution in [3.8, 4) is 0 Å². The summed E-state index contributed by atoms with van der Waals surface area (Å²) in [4.78, 5) is 0. The minimum Gasteiger partial charge on any atom is -0.381 e. The van der Waals surface area contributed by atoms with Crippen LogP contribution in [0.15, 0.2) is 24.3 Å². The number of benzene rings is 1. The van der Waals surface area contributed by atoms with Gasteiger partial charge in [-0.25, -0.2) is 0 Å². The fraction of sp³-hybridized carbons (Fsp3) is 0.500. The van der Waals surface area contributed by atoms with E-state index in [1.807, 2.05) is 0 Å². The average Bonchev–Trinajstić information content (AvgIpc) is 2.31. The molecule has 1 fully saturated rings. The zero-order valence-corrected chi connectivity index (χ0v) is 11.0. The Labute approximate surface area is 104 Å². The van der Waals surface area contributed by atoms with Crippen molar-refractivity contribution in [2.75, 3.05) is 20.3 Å². The Hall–Kier alpha value is -0.130. The predicted molar refractivity (Wildman–Crippen MR) is 67.9 cm³/mol. The lowest BCUT2D eigenvalue weighted by molar-refractivity contribution is -0.0947. The number of methoxy groups -OCH3 is 1. The molecular formula is C12H15IO2. The fourth-order valence-corrected chi connectivity index (χ4v) is 2.42. The van der Waals surface area contributed by atoms with E-state index in [0.717, 1.165) is 26.1 Å². The average molecular weight is 318 g/mol. The molecule has 15 heavy (non-hydrogen) atoms. The third kappa shape index (κ3) is 2.34. The molecule has 3 heteroatoms. The van der Waals surface area contributed by atoms with Gasteiger partial charge in [-0.1, -0.05) is 12.1 Å². The Morgan fingerprint density at radius 1 is 1.20 bits per heavy atom. The SMILES string of the molecule is COC1(c2ccc(I)cc2)CCOCC1. The summed E-state index contributed by atoms with van der Waals surface area (Å²) >= 11 is 2.32. The van der Waals surface area contributed by atoms with Crippen molar-refractivity contribution in [2.45, 2.75) is 18.4 Å². The Morgan fingerprint density at radius 2 is 1.80 bits per heavy atom. The van der Waals surface area contributed by atoms with Gasteiger partial charge in [0.15, 0.2) is 0 Å². The molecule has 0 unspecified atom stereocenters. The number of halogens is 1. The fourth-order valence-electron chi connectivity index (χ4n) is 2.07. The van der Waals surface area contributed by atoms with Crippen LogP contribution in [0, 0.1) is 3.57 Å². The van der Waals surface area contributed by atoms with Crippen molar-refractivity contribution in [1.29, 1.82) is 0 Å². The molecule has 0 aliphatic carbocycles. The highest BCUT2D eigenvalue weighted by atomic mass is 127. The largest absolute Gasteiger partial charge is 0.381 e. The van der Waals surface area contributed by atoms with Gasteiger partial charge in [0.2, 0.25) is 0 Å². The van der Waals surface area contributed by atoms with Gasteiger partial charge in [0.05, 0.1) is 5.60 Å².